The van der Waals surface area contributed by atoms with Gasteiger partial charge in [-0.2, -0.15) is 0 Å². The zero-order valence-corrected chi connectivity index (χ0v) is 10.8. The molecule has 1 amide bonds. The Labute approximate surface area is 108 Å². The third-order valence-electron chi connectivity index (χ3n) is 2.36. The molecule has 0 saturated carbocycles. The molecule has 1 rings (SSSR count). The number of alkyl carbamates (subject to hydrolysis) is 1. The van der Waals surface area contributed by atoms with Crippen molar-refractivity contribution in [1.29, 1.82) is 0 Å². The predicted octanol–water partition coefficient (Wildman–Crippen LogP) is 2.42. The van der Waals surface area contributed by atoms with E-state index in [2.05, 4.69) is 34.4 Å². The number of carbonyl (C=O) groups excluding carboxylic acids is 1. The van der Waals surface area contributed by atoms with Crippen molar-refractivity contribution in [3.8, 4) is 0 Å². The number of aromatic nitrogens is 2. The third kappa shape index (κ3) is 6.73. The van der Waals surface area contributed by atoms with Crippen LogP contribution in [0.1, 0.15) is 31.9 Å². The Hall–Kier alpha value is -1.78. The molecule has 5 heteroatoms. The van der Waals surface area contributed by atoms with E-state index in [0.717, 1.165) is 31.4 Å². The number of imidazole rings is 1. The van der Waals surface area contributed by atoms with Crippen molar-refractivity contribution in [2.75, 3.05) is 13.2 Å². The molecule has 0 aliphatic heterocycles. The molecule has 0 spiro atoms. The first-order valence-electron chi connectivity index (χ1n) is 6.35. The van der Waals surface area contributed by atoms with Gasteiger partial charge in [-0.3, -0.25) is 0 Å². The van der Waals surface area contributed by atoms with Gasteiger partial charge in [-0.25, -0.2) is 9.78 Å². The molecule has 100 valence electrons. The fourth-order valence-corrected chi connectivity index (χ4v) is 1.44. The van der Waals surface area contributed by atoms with Gasteiger partial charge in [0.2, 0.25) is 0 Å². The summed E-state index contributed by atoms with van der Waals surface area (Å²) in [6.07, 6.45) is 10.7. The van der Waals surface area contributed by atoms with Crippen LogP contribution in [0, 0.1) is 0 Å². The van der Waals surface area contributed by atoms with Gasteiger partial charge in [-0.05, 0) is 25.7 Å². The standard InChI is InChI=1S/C13H21N3O2/c1-2-3-4-5-8-15-13(17)18-9-6-7-12-10-14-11-16-12/h3-4,10-11H,2,5-9H2,1H3,(H,14,16)(H,15,17)/b4-3+. The summed E-state index contributed by atoms with van der Waals surface area (Å²) in [5.41, 5.74) is 1.06. The molecule has 0 radical (unpaired) electrons. The summed E-state index contributed by atoms with van der Waals surface area (Å²) in [5.74, 6) is 0. The summed E-state index contributed by atoms with van der Waals surface area (Å²) in [6.45, 7) is 3.13. The van der Waals surface area contributed by atoms with Crippen LogP contribution in [0.15, 0.2) is 24.7 Å². The zero-order chi connectivity index (χ0) is 13.1. The molecule has 18 heavy (non-hydrogen) atoms. The van der Waals surface area contributed by atoms with Gasteiger partial charge in [0.1, 0.15) is 0 Å². The first kappa shape index (κ1) is 14.3. The first-order chi connectivity index (χ1) is 8.83. The van der Waals surface area contributed by atoms with Gasteiger partial charge < -0.3 is 15.0 Å². The topological polar surface area (TPSA) is 67.0 Å². The molecule has 0 aromatic carbocycles. The fourth-order valence-electron chi connectivity index (χ4n) is 1.44. The van der Waals surface area contributed by atoms with Crippen molar-refractivity contribution < 1.29 is 9.53 Å². The molecule has 1 heterocycles. The average Bonchev–Trinajstić information content (AvgIpc) is 2.87. The highest BCUT2D eigenvalue weighted by molar-refractivity contribution is 5.67. The van der Waals surface area contributed by atoms with Crippen LogP contribution in [0.5, 0.6) is 0 Å². The lowest BCUT2D eigenvalue weighted by Gasteiger charge is -2.05. The second-order valence-electron chi connectivity index (χ2n) is 3.91. The maximum Gasteiger partial charge on any atom is 0.407 e. The molecular formula is C13H21N3O2. The molecule has 2 N–H and O–H groups in total. The molecule has 0 aliphatic rings. The monoisotopic (exact) mass is 251 g/mol. The summed E-state index contributed by atoms with van der Waals surface area (Å²) in [5, 5.41) is 2.70. The SMILES string of the molecule is CC/C=C/CCNC(=O)OCCCc1cnc[nH]1. The van der Waals surface area contributed by atoms with Gasteiger partial charge in [0, 0.05) is 18.4 Å². The number of allylic oxidation sites excluding steroid dienone is 1. The highest BCUT2D eigenvalue weighted by Gasteiger charge is 2.00. The normalized spacial score (nSPS) is 10.7. The predicted molar refractivity (Wildman–Crippen MR) is 70.3 cm³/mol. The molecule has 0 bridgehead atoms. The van der Waals surface area contributed by atoms with Gasteiger partial charge in [-0.1, -0.05) is 19.1 Å². The van der Waals surface area contributed by atoms with Crippen molar-refractivity contribution in [3.05, 3.63) is 30.4 Å². The van der Waals surface area contributed by atoms with Crippen LogP contribution >= 0.6 is 0 Å². The first-order valence-corrected chi connectivity index (χ1v) is 6.35. The Balaban J connectivity index is 1.95. The Morgan fingerprint density at radius 1 is 1.56 bits per heavy atom. The van der Waals surface area contributed by atoms with Crippen LogP contribution in [0.25, 0.3) is 0 Å². The van der Waals surface area contributed by atoms with Crippen LogP contribution in [0.2, 0.25) is 0 Å². The lowest BCUT2D eigenvalue weighted by Crippen LogP contribution is -2.25. The van der Waals surface area contributed by atoms with E-state index in [1.165, 1.54) is 0 Å². The fraction of sp³-hybridized carbons (Fsp3) is 0.538. The number of nitrogens with zero attached hydrogens (tertiary/aromatic N) is 1. The lowest BCUT2D eigenvalue weighted by molar-refractivity contribution is 0.145. The highest BCUT2D eigenvalue weighted by Crippen LogP contribution is 1.97. The molecule has 0 aliphatic carbocycles. The number of nitrogens with one attached hydrogen (secondary N) is 2. The summed E-state index contributed by atoms with van der Waals surface area (Å²) in [4.78, 5) is 18.2. The van der Waals surface area contributed by atoms with E-state index in [4.69, 9.17) is 4.74 Å². The van der Waals surface area contributed by atoms with Crippen molar-refractivity contribution in [3.63, 3.8) is 0 Å². The van der Waals surface area contributed by atoms with E-state index in [1.54, 1.807) is 12.5 Å². The number of rotatable bonds is 8. The summed E-state index contributed by atoms with van der Waals surface area (Å²) in [6, 6.07) is 0. The van der Waals surface area contributed by atoms with E-state index in [0.29, 0.717) is 13.2 Å². The molecule has 0 atom stereocenters. The van der Waals surface area contributed by atoms with E-state index in [9.17, 15) is 4.79 Å². The van der Waals surface area contributed by atoms with Crippen molar-refractivity contribution >= 4 is 6.09 Å². The number of amides is 1. The number of hydrogen-bond donors (Lipinski definition) is 2. The van der Waals surface area contributed by atoms with E-state index in [-0.39, 0.29) is 6.09 Å². The van der Waals surface area contributed by atoms with Crippen LogP contribution < -0.4 is 5.32 Å². The molecule has 1 aromatic rings. The minimum absolute atomic E-state index is 0.343. The van der Waals surface area contributed by atoms with Gasteiger partial charge in [0.05, 0.1) is 12.9 Å². The summed E-state index contributed by atoms with van der Waals surface area (Å²) < 4.78 is 5.04. The van der Waals surface area contributed by atoms with Crippen LogP contribution in [-0.2, 0) is 11.2 Å². The average molecular weight is 251 g/mol. The lowest BCUT2D eigenvalue weighted by atomic mass is 10.3. The van der Waals surface area contributed by atoms with E-state index < -0.39 is 0 Å². The Morgan fingerprint density at radius 3 is 3.17 bits per heavy atom. The molecule has 0 saturated heterocycles. The third-order valence-corrected chi connectivity index (χ3v) is 2.36. The van der Waals surface area contributed by atoms with Crippen molar-refractivity contribution in [2.45, 2.75) is 32.6 Å². The smallest absolute Gasteiger partial charge is 0.407 e. The van der Waals surface area contributed by atoms with E-state index >= 15 is 0 Å². The maximum absolute atomic E-state index is 11.3. The second-order valence-corrected chi connectivity index (χ2v) is 3.91. The van der Waals surface area contributed by atoms with Crippen LogP contribution in [-0.4, -0.2) is 29.2 Å². The summed E-state index contributed by atoms with van der Waals surface area (Å²) >= 11 is 0. The molecule has 5 nitrogen and oxygen atoms in total. The number of carbonyl (C=O) groups is 1. The quantitative estimate of drug-likeness (QED) is 0.551. The van der Waals surface area contributed by atoms with Crippen LogP contribution in [0.3, 0.4) is 0 Å². The number of aromatic amines is 1. The Morgan fingerprint density at radius 2 is 2.44 bits per heavy atom. The number of H-pyrrole nitrogens is 1. The number of hydrogen-bond acceptors (Lipinski definition) is 3. The van der Waals surface area contributed by atoms with Gasteiger partial charge in [0.25, 0.3) is 0 Å². The molecule has 0 fully saturated rings. The zero-order valence-electron chi connectivity index (χ0n) is 10.8. The van der Waals surface area contributed by atoms with Gasteiger partial charge >= 0.3 is 6.09 Å². The molecular weight excluding hydrogens is 230 g/mol. The van der Waals surface area contributed by atoms with Crippen molar-refractivity contribution in [2.24, 2.45) is 0 Å². The Kier molecular flexibility index (Phi) is 7.36. The van der Waals surface area contributed by atoms with E-state index in [1.807, 2.05) is 0 Å². The maximum atomic E-state index is 11.3. The molecule has 1 aromatic heterocycles. The largest absolute Gasteiger partial charge is 0.450 e. The highest BCUT2D eigenvalue weighted by atomic mass is 16.5. The molecule has 0 unspecified atom stereocenters. The minimum atomic E-state index is -0.343. The van der Waals surface area contributed by atoms with Crippen LogP contribution in [0.4, 0.5) is 4.79 Å². The van der Waals surface area contributed by atoms with Crippen molar-refractivity contribution in [1.82, 2.24) is 15.3 Å². The minimum Gasteiger partial charge on any atom is -0.450 e. The van der Waals surface area contributed by atoms with Gasteiger partial charge in [0.15, 0.2) is 0 Å². The second kappa shape index (κ2) is 9.27. The number of ether oxygens (including phenoxy) is 1. The number of aryl methyl sites for hydroxylation is 1. The van der Waals surface area contributed by atoms with Gasteiger partial charge in [-0.15, -0.1) is 0 Å². The Bertz CT molecular complexity index is 347. The summed E-state index contributed by atoms with van der Waals surface area (Å²) in [7, 11) is 0.